The van der Waals surface area contributed by atoms with Crippen molar-refractivity contribution in [1.29, 1.82) is 0 Å². The van der Waals surface area contributed by atoms with Crippen molar-refractivity contribution in [2.24, 2.45) is 28.1 Å². The molecule has 0 heterocycles. The van der Waals surface area contributed by atoms with Crippen molar-refractivity contribution < 1.29 is 9.22 Å². The number of hydrogen-bond donors (Lipinski definition) is 0. The van der Waals surface area contributed by atoms with Gasteiger partial charge in [-0.25, -0.2) is 0 Å². The van der Waals surface area contributed by atoms with Gasteiger partial charge < -0.3 is 4.43 Å². The van der Waals surface area contributed by atoms with Crippen molar-refractivity contribution in [3.05, 3.63) is 98.6 Å². The Hall–Kier alpha value is -2.49. The van der Waals surface area contributed by atoms with Crippen LogP contribution >= 0.6 is 0 Å². The zero-order chi connectivity index (χ0) is 29.9. The smallest absolute Gasteiger partial charge is 0.261 e. The van der Waals surface area contributed by atoms with Crippen LogP contribution < -0.4 is 10.4 Å². The van der Waals surface area contributed by atoms with E-state index in [9.17, 15) is 4.79 Å². The van der Waals surface area contributed by atoms with Gasteiger partial charge in [0, 0.05) is 18.4 Å². The molecule has 0 aromatic heterocycles. The Kier molecular flexibility index (Phi) is 9.21. The van der Waals surface area contributed by atoms with Gasteiger partial charge in [-0.15, -0.1) is 19.7 Å². The molecule has 1 spiro atoms. The van der Waals surface area contributed by atoms with Crippen LogP contribution in [0.2, 0.25) is 5.04 Å². The number of rotatable bonds is 11. The lowest BCUT2D eigenvalue weighted by molar-refractivity contribution is -0.127. The predicted octanol–water partition coefficient (Wildman–Crippen LogP) is 8.68. The third-order valence-corrected chi connectivity index (χ3v) is 15.8. The maximum Gasteiger partial charge on any atom is 0.261 e. The molecule has 3 atom stereocenters. The number of benzene rings is 2. The molecule has 0 N–H and O–H groups in total. The summed E-state index contributed by atoms with van der Waals surface area (Å²) in [4.78, 5) is 14.2. The molecule has 2 aliphatic carbocycles. The van der Waals surface area contributed by atoms with Crippen molar-refractivity contribution in [2.75, 3.05) is 6.61 Å². The van der Waals surface area contributed by atoms with Crippen molar-refractivity contribution in [1.82, 2.24) is 0 Å². The Morgan fingerprint density at radius 3 is 1.85 bits per heavy atom. The average molecular weight is 569 g/mol. The van der Waals surface area contributed by atoms with Crippen LogP contribution in [0.3, 0.4) is 0 Å². The Labute approximate surface area is 251 Å². The van der Waals surface area contributed by atoms with Gasteiger partial charge in [0.05, 0.1) is 0 Å². The molecular formula is C38H52O2Si. The second-order valence-corrected chi connectivity index (χ2v) is 18.7. The molecule has 0 aliphatic heterocycles. The molecule has 0 amide bonds. The highest BCUT2D eigenvalue weighted by molar-refractivity contribution is 6.99. The second-order valence-electron chi connectivity index (χ2n) is 14.4. The molecule has 2 aromatic rings. The number of carbonyl (C=O) groups excluding carboxylic acids is 1. The molecule has 4 rings (SSSR count). The highest BCUT2D eigenvalue weighted by atomic mass is 28.4. The number of Topliss-reactive ketones (excluding diaryl/α,β-unsaturated/α-hetero) is 1. The predicted molar refractivity (Wildman–Crippen MR) is 177 cm³/mol. The first-order valence-corrected chi connectivity index (χ1v) is 17.5. The van der Waals surface area contributed by atoms with E-state index < -0.39 is 13.7 Å². The molecular weight excluding hydrogens is 517 g/mol. The second kappa shape index (κ2) is 12.0. The Bertz CT molecular complexity index is 1170. The van der Waals surface area contributed by atoms with E-state index in [1.165, 1.54) is 10.4 Å². The summed E-state index contributed by atoms with van der Waals surface area (Å²) in [5, 5.41) is 2.52. The van der Waals surface area contributed by atoms with Gasteiger partial charge >= 0.3 is 0 Å². The fourth-order valence-corrected chi connectivity index (χ4v) is 13.6. The largest absolute Gasteiger partial charge is 0.407 e. The van der Waals surface area contributed by atoms with Gasteiger partial charge in [-0.3, -0.25) is 4.79 Å². The van der Waals surface area contributed by atoms with Crippen LogP contribution in [0.15, 0.2) is 98.6 Å². The lowest BCUT2D eigenvalue weighted by Crippen LogP contribution is -2.67. The molecule has 2 aliphatic rings. The summed E-state index contributed by atoms with van der Waals surface area (Å²) < 4.78 is 7.64. The first kappa shape index (κ1) is 31.4. The van der Waals surface area contributed by atoms with Crippen LogP contribution in [0.5, 0.6) is 0 Å². The first-order chi connectivity index (χ1) is 19.4. The van der Waals surface area contributed by atoms with Crippen molar-refractivity contribution in [3.63, 3.8) is 0 Å². The fraction of sp³-hybridized carbons (Fsp3) is 0.500. The summed E-state index contributed by atoms with van der Waals surface area (Å²) in [7, 11) is -2.72. The van der Waals surface area contributed by atoms with E-state index in [4.69, 9.17) is 4.43 Å². The van der Waals surface area contributed by atoms with Crippen LogP contribution in [0.25, 0.3) is 0 Å². The Morgan fingerprint density at radius 2 is 1.39 bits per heavy atom. The van der Waals surface area contributed by atoms with Crippen LogP contribution in [-0.2, 0) is 9.22 Å². The fourth-order valence-electron chi connectivity index (χ4n) is 9.07. The zero-order valence-electron chi connectivity index (χ0n) is 26.3. The third-order valence-electron chi connectivity index (χ3n) is 10.8. The van der Waals surface area contributed by atoms with E-state index in [-0.39, 0.29) is 27.7 Å². The normalized spacial score (nSPS) is 25.6. The molecule has 220 valence electrons. The minimum atomic E-state index is -2.72. The zero-order valence-corrected chi connectivity index (χ0v) is 27.3. The average Bonchev–Trinajstić information content (AvgIpc) is 3.14. The minimum Gasteiger partial charge on any atom is -0.407 e. The highest BCUT2D eigenvalue weighted by Gasteiger charge is 2.65. The minimum absolute atomic E-state index is 0.0434. The standard InChI is InChI=1S/C38H52O2Si/c1-9-19-32-37(24-10-2,25-11-3)34(39)28-38(32)27-18-26-36(7,8)33(38)29-40-41(35(4,5)6,30-20-14-12-15-21-30)31-22-16-13-17-23-31/h9-17,20-23,32-33H,1-3,18-19,24-29H2,4-8H3/t32-,33?,38?/m1/s1. The van der Waals surface area contributed by atoms with Gasteiger partial charge in [-0.2, -0.15) is 0 Å². The number of carbonyl (C=O) groups is 1. The first-order valence-electron chi connectivity index (χ1n) is 15.6. The summed E-state index contributed by atoms with van der Waals surface area (Å²) in [6.45, 7) is 24.9. The summed E-state index contributed by atoms with van der Waals surface area (Å²) in [5.74, 6) is 0.830. The summed E-state index contributed by atoms with van der Waals surface area (Å²) in [5.41, 5.74) is -0.549. The van der Waals surface area contributed by atoms with E-state index in [2.05, 4.69) is 115 Å². The molecule has 2 unspecified atom stereocenters. The van der Waals surface area contributed by atoms with E-state index in [0.717, 1.165) is 25.7 Å². The molecule has 0 bridgehead atoms. The van der Waals surface area contributed by atoms with E-state index in [0.29, 0.717) is 31.7 Å². The maximum absolute atomic E-state index is 14.2. The monoisotopic (exact) mass is 568 g/mol. The SMILES string of the molecule is C=CC[C@@H]1C(CC=C)(CC=C)C(=O)CC12CCCC(C)(C)C2CO[Si](c1ccccc1)(c1ccccc1)C(C)(C)C. The van der Waals surface area contributed by atoms with Gasteiger partial charge in [0.25, 0.3) is 8.32 Å². The lowest BCUT2D eigenvalue weighted by Gasteiger charge is -2.56. The van der Waals surface area contributed by atoms with Crippen LogP contribution in [0, 0.1) is 28.1 Å². The van der Waals surface area contributed by atoms with Crippen molar-refractivity contribution >= 4 is 24.5 Å². The molecule has 0 radical (unpaired) electrons. The third kappa shape index (κ3) is 5.29. The maximum atomic E-state index is 14.2. The van der Waals surface area contributed by atoms with Crippen molar-refractivity contribution in [3.8, 4) is 0 Å². The van der Waals surface area contributed by atoms with Gasteiger partial charge in [0.1, 0.15) is 5.78 Å². The van der Waals surface area contributed by atoms with E-state index in [1.807, 2.05) is 18.2 Å². The van der Waals surface area contributed by atoms with Gasteiger partial charge in [0.15, 0.2) is 0 Å². The molecule has 41 heavy (non-hydrogen) atoms. The quantitative estimate of drug-likeness (QED) is 0.200. The van der Waals surface area contributed by atoms with E-state index in [1.54, 1.807) is 0 Å². The molecule has 3 heteroatoms. The van der Waals surface area contributed by atoms with Gasteiger partial charge in [-0.05, 0) is 70.2 Å². The van der Waals surface area contributed by atoms with Crippen LogP contribution in [0.1, 0.15) is 79.6 Å². The molecule has 2 aromatic carbocycles. The van der Waals surface area contributed by atoms with E-state index >= 15 is 0 Å². The van der Waals surface area contributed by atoms with Crippen LogP contribution in [-0.4, -0.2) is 20.7 Å². The Balaban J connectivity index is 1.88. The van der Waals surface area contributed by atoms with Crippen LogP contribution in [0.4, 0.5) is 0 Å². The highest BCUT2D eigenvalue weighted by Crippen LogP contribution is 2.67. The van der Waals surface area contributed by atoms with Gasteiger partial charge in [0.2, 0.25) is 0 Å². The summed E-state index contributed by atoms with van der Waals surface area (Å²) >= 11 is 0. The van der Waals surface area contributed by atoms with Crippen molar-refractivity contribution in [2.45, 2.75) is 84.6 Å². The summed E-state index contributed by atoms with van der Waals surface area (Å²) in [6.07, 6.45) is 12.2. The molecule has 2 saturated carbocycles. The topological polar surface area (TPSA) is 26.3 Å². The molecule has 0 saturated heterocycles. The molecule has 2 fully saturated rings. The van der Waals surface area contributed by atoms with Gasteiger partial charge in [-0.1, -0.05) is 120 Å². The number of allylic oxidation sites excluding steroid dienone is 3. The summed E-state index contributed by atoms with van der Waals surface area (Å²) in [6, 6.07) is 21.9. The number of ketones is 1. The Morgan fingerprint density at radius 1 is 0.854 bits per heavy atom. The lowest BCUT2D eigenvalue weighted by atomic mass is 9.50. The molecule has 2 nitrogen and oxygen atoms in total. The number of hydrogen-bond acceptors (Lipinski definition) is 2.